The lowest BCUT2D eigenvalue weighted by Gasteiger charge is -2.26. The first-order valence-electron chi connectivity index (χ1n) is 12.4. The Morgan fingerprint density at radius 1 is 1.08 bits per heavy atom. The average molecular weight is 520 g/mol. The molecule has 2 fully saturated rings. The highest BCUT2D eigenvalue weighted by atomic mass is 16.7. The lowest BCUT2D eigenvalue weighted by Crippen LogP contribution is -2.42. The molecule has 2 aromatic heterocycles. The third kappa shape index (κ3) is 5.99. The van der Waals surface area contributed by atoms with E-state index < -0.39 is 54.3 Å². The zero-order valence-electron chi connectivity index (χ0n) is 21.6. The van der Waals surface area contributed by atoms with Crippen molar-refractivity contribution in [2.45, 2.75) is 71.6 Å². The maximum atomic E-state index is 12.7. The quantitative estimate of drug-likeness (QED) is 0.378. The van der Waals surface area contributed by atoms with E-state index in [9.17, 15) is 14.4 Å². The van der Waals surface area contributed by atoms with Gasteiger partial charge in [-0.1, -0.05) is 27.7 Å². The number of imidazole rings is 1. The van der Waals surface area contributed by atoms with Crippen molar-refractivity contribution in [2.24, 2.45) is 11.8 Å². The fourth-order valence-electron chi connectivity index (χ4n) is 4.06. The SMILES string of the molecule is CC(=O)OC[C@H]1OC(n2cnc3c(N[C@@H]4CCOC4)ncnc32)[C@H](OC(=O)C(C)C)[C@@H]1OC(=O)C(C)C. The van der Waals surface area contributed by atoms with E-state index in [-0.39, 0.29) is 12.6 Å². The van der Waals surface area contributed by atoms with E-state index >= 15 is 0 Å². The molecule has 0 spiro atoms. The summed E-state index contributed by atoms with van der Waals surface area (Å²) in [5, 5.41) is 3.33. The zero-order valence-corrected chi connectivity index (χ0v) is 21.6. The van der Waals surface area contributed by atoms with Crippen LogP contribution in [-0.2, 0) is 38.1 Å². The lowest BCUT2D eigenvalue weighted by molar-refractivity contribution is -0.173. The van der Waals surface area contributed by atoms with Gasteiger partial charge in [0.05, 0.1) is 30.8 Å². The van der Waals surface area contributed by atoms with Crippen LogP contribution in [0.15, 0.2) is 12.7 Å². The molecule has 2 saturated heterocycles. The summed E-state index contributed by atoms with van der Waals surface area (Å²) >= 11 is 0. The molecule has 1 unspecified atom stereocenters. The van der Waals surface area contributed by atoms with Gasteiger partial charge in [0.15, 0.2) is 35.4 Å². The number of esters is 3. The van der Waals surface area contributed by atoms with Gasteiger partial charge in [0, 0.05) is 13.5 Å². The lowest BCUT2D eigenvalue weighted by atomic mass is 10.1. The molecule has 4 rings (SSSR count). The third-order valence-electron chi connectivity index (χ3n) is 6.09. The van der Waals surface area contributed by atoms with Gasteiger partial charge >= 0.3 is 17.9 Å². The normalized spacial score (nSPS) is 25.5. The second-order valence-electron chi connectivity index (χ2n) is 9.73. The number of nitrogens with zero attached hydrogens (tertiary/aromatic N) is 4. The predicted octanol–water partition coefficient (Wildman–Crippen LogP) is 1.62. The van der Waals surface area contributed by atoms with Crippen molar-refractivity contribution in [3.8, 4) is 0 Å². The molecule has 13 nitrogen and oxygen atoms in total. The van der Waals surface area contributed by atoms with Gasteiger partial charge in [-0.25, -0.2) is 15.0 Å². The summed E-state index contributed by atoms with van der Waals surface area (Å²) in [5.41, 5.74) is 0.917. The van der Waals surface area contributed by atoms with Crippen LogP contribution < -0.4 is 5.32 Å². The summed E-state index contributed by atoms with van der Waals surface area (Å²) in [6, 6.07) is 0.0960. The summed E-state index contributed by atoms with van der Waals surface area (Å²) in [4.78, 5) is 50.0. The van der Waals surface area contributed by atoms with E-state index in [2.05, 4.69) is 20.3 Å². The van der Waals surface area contributed by atoms with Crippen LogP contribution in [0.4, 0.5) is 5.82 Å². The first-order valence-corrected chi connectivity index (χ1v) is 12.4. The Balaban J connectivity index is 1.71. The van der Waals surface area contributed by atoms with E-state index in [1.54, 1.807) is 32.3 Å². The van der Waals surface area contributed by atoms with Crippen LogP contribution in [0.25, 0.3) is 11.2 Å². The molecule has 2 aromatic rings. The predicted molar refractivity (Wildman–Crippen MR) is 128 cm³/mol. The number of ether oxygens (including phenoxy) is 5. The monoisotopic (exact) mass is 519 g/mol. The first-order chi connectivity index (χ1) is 17.7. The summed E-state index contributed by atoms with van der Waals surface area (Å²) in [6.45, 7) is 9.07. The molecule has 0 saturated carbocycles. The summed E-state index contributed by atoms with van der Waals surface area (Å²) in [7, 11) is 0. The molecule has 5 atom stereocenters. The van der Waals surface area contributed by atoms with Crippen molar-refractivity contribution >= 4 is 34.9 Å². The van der Waals surface area contributed by atoms with Crippen molar-refractivity contribution in [1.29, 1.82) is 0 Å². The van der Waals surface area contributed by atoms with E-state index in [1.807, 2.05) is 0 Å². The summed E-state index contributed by atoms with van der Waals surface area (Å²) in [6.07, 6.45) is -0.197. The zero-order chi connectivity index (χ0) is 26.7. The van der Waals surface area contributed by atoms with E-state index in [0.717, 1.165) is 6.42 Å². The molecule has 2 aliphatic heterocycles. The summed E-state index contributed by atoms with van der Waals surface area (Å²) in [5.74, 6) is -1.88. The molecule has 202 valence electrons. The van der Waals surface area contributed by atoms with Crippen molar-refractivity contribution in [3.05, 3.63) is 12.7 Å². The van der Waals surface area contributed by atoms with Gasteiger partial charge in [-0.05, 0) is 6.42 Å². The van der Waals surface area contributed by atoms with Gasteiger partial charge in [0.25, 0.3) is 0 Å². The smallest absolute Gasteiger partial charge is 0.308 e. The topological polar surface area (TPSA) is 153 Å². The van der Waals surface area contributed by atoms with E-state index in [4.69, 9.17) is 23.7 Å². The van der Waals surface area contributed by atoms with Crippen molar-refractivity contribution in [2.75, 3.05) is 25.1 Å². The van der Waals surface area contributed by atoms with Gasteiger partial charge in [-0.15, -0.1) is 0 Å². The molecule has 1 N–H and O–H groups in total. The molecule has 13 heteroatoms. The van der Waals surface area contributed by atoms with Gasteiger partial charge in [0.1, 0.15) is 19.0 Å². The minimum absolute atomic E-state index is 0.0960. The van der Waals surface area contributed by atoms with Crippen LogP contribution in [-0.4, -0.2) is 81.6 Å². The number of carbonyl (C=O) groups excluding carboxylic acids is 3. The fraction of sp³-hybridized carbons (Fsp3) is 0.667. The highest BCUT2D eigenvalue weighted by Gasteiger charge is 2.51. The Kier molecular flexibility index (Phi) is 8.22. The molecule has 0 aliphatic carbocycles. The minimum atomic E-state index is -1.05. The van der Waals surface area contributed by atoms with Gasteiger partial charge in [-0.3, -0.25) is 19.0 Å². The average Bonchev–Trinajstić information content (AvgIpc) is 3.58. The largest absolute Gasteiger partial charge is 0.463 e. The molecular formula is C24H33N5O8. The number of fused-ring (bicyclic) bond motifs is 1. The number of nitrogens with one attached hydrogen (secondary N) is 1. The molecular weight excluding hydrogens is 486 g/mol. The highest BCUT2D eigenvalue weighted by Crippen LogP contribution is 2.37. The third-order valence-corrected chi connectivity index (χ3v) is 6.09. The number of aromatic nitrogens is 4. The number of anilines is 1. The fourth-order valence-corrected chi connectivity index (χ4v) is 4.06. The van der Waals surface area contributed by atoms with Gasteiger partial charge in [-0.2, -0.15) is 0 Å². The van der Waals surface area contributed by atoms with Gasteiger partial charge in [0.2, 0.25) is 0 Å². The van der Waals surface area contributed by atoms with Crippen LogP contribution in [0.3, 0.4) is 0 Å². The second-order valence-corrected chi connectivity index (χ2v) is 9.73. The van der Waals surface area contributed by atoms with Crippen LogP contribution in [0, 0.1) is 11.8 Å². The second kappa shape index (κ2) is 11.4. The van der Waals surface area contributed by atoms with Crippen LogP contribution in [0.2, 0.25) is 0 Å². The molecule has 0 aromatic carbocycles. The maximum Gasteiger partial charge on any atom is 0.308 e. The maximum absolute atomic E-state index is 12.7. The Labute approximate surface area is 214 Å². The van der Waals surface area contributed by atoms with Crippen LogP contribution >= 0.6 is 0 Å². The number of carbonyl (C=O) groups is 3. The Hall–Kier alpha value is -3.32. The molecule has 0 radical (unpaired) electrons. The standard InChI is InChI=1S/C24H33N5O8/c1-12(2)23(31)36-18-16(9-34-14(5)30)35-22(19(18)37-24(32)13(3)4)29-11-27-17-20(25-10-26-21(17)29)28-15-6-7-33-8-15/h10-13,15-16,18-19,22H,6-9H2,1-5H3,(H,25,26,28)/t15-,16-,18-,19-,22?/m1/s1. The Bertz CT molecular complexity index is 1130. The number of hydrogen-bond acceptors (Lipinski definition) is 12. The van der Waals surface area contributed by atoms with Crippen LogP contribution in [0.1, 0.15) is 47.3 Å². The molecule has 4 heterocycles. The summed E-state index contributed by atoms with van der Waals surface area (Å²) < 4.78 is 30.0. The minimum Gasteiger partial charge on any atom is -0.463 e. The van der Waals surface area contributed by atoms with Crippen molar-refractivity contribution in [3.63, 3.8) is 0 Å². The van der Waals surface area contributed by atoms with Gasteiger partial charge < -0.3 is 29.0 Å². The van der Waals surface area contributed by atoms with E-state index in [0.29, 0.717) is 30.2 Å². The molecule has 37 heavy (non-hydrogen) atoms. The molecule has 2 aliphatic rings. The van der Waals surface area contributed by atoms with Crippen molar-refractivity contribution < 1.29 is 38.1 Å². The molecule has 0 bridgehead atoms. The molecule has 0 amide bonds. The first kappa shape index (κ1) is 26.7. The van der Waals surface area contributed by atoms with Crippen LogP contribution in [0.5, 0.6) is 0 Å². The number of rotatable bonds is 9. The Morgan fingerprint density at radius 3 is 2.41 bits per heavy atom. The van der Waals surface area contributed by atoms with Crippen molar-refractivity contribution in [1.82, 2.24) is 19.5 Å². The Morgan fingerprint density at radius 2 is 1.78 bits per heavy atom. The highest BCUT2D eigenvalue weighted by molar-refractivity contribution is 5.83. The van der Waals surface area contributed by atoms with E-state index in [1.165, 1.54) is 19.6 Å². The number of hydrogen-bond donors (Lipinski definition) is 1.